The molecule has 2 N–H and O–H groups in total. The second-order valence-electron chi connectivity index (χ2n) is 5.40. The lowest BCUT2D eigenvalue weighted by atomic mass is 10.1. The van der Waals surface area contributed by atoms with Crippen molar-refractivity contribution in [3.05, 3.63) is 17.6 Å². The zero-order valence-electron chi connectivity index (χ0n) is 13.7. The molecule has 2 aromatic rings. The monoisotopic (exact) mass is 370 g/mol. The van der Waals surface area contributed by atoms with Crippen molar-refractivity contribution < 1.29 is 33.3 Å². The largest absolute Gasteiger partial charge is 0.465 e. The van der Waals surface area contributed by atoms with Crippen molar-refractivity contribution in [1.29, 1.82) is 0 Å². The first-order valence-electron chi connectivity index (χ1n) is 7.70. The number of ether oxygens (including phenoxy) is 2. The van der Waals surface area contributed by atoms with Gasteiger partial charge in [-0.3, -0.25) is 4.79 Å². The molecule has 1 fully saturated rings. The van der Waals surface area contributed by atoms with E-state index in [0.717, 1.165) is 11.8 Å². The van der Waals surface area contributed by atoms with Gasteiger partial charge in [0.1, 0.15) is 35.6 Å². The Hall–Kier alpha value is -1.88. The van der Waals surface area contributed by atoms with Gasteiger partial charge in [0, 0.05) is 0 Å². The fourth-order valence-corrected chi connectivity index (χ4v) is 2.97. The van der Waals surface area contributed by atoms with Crippen LogP contribution in [0.4, 0.5) is 0 Å². The molecule has 3 atom stereocenters. The van der Waals surface area contributed by atoms with Crippen molar-refractivity contribution in [3.8, 4) is 11.5 Å². The number of nitrogens with zero attached hydrogens (tertiary/aromatic N) is 2. The van der Waals surface area contributed by atoms with Crippen LogP contribution in [0.2, 0.25) is 0 Å². The number of hydrogen-bond acceptors (Lipinski definition) is 10. The van der Waals surface area contributed by atoms with Gasteiger partial charge >= 0.3 is 5.97 Å². The summed E-state index contributed by atoms with van der Waals surface area (Å²) in [5, 5.41) is 27.5. The number of rotatable bonds is 6. The predicted octanol–water partition coefficient (Wildman–Crippen LogP) is 1.09. The zero-order chi connectivity index (χ0) is 18.0. The Morgan fingerprint density at radius 2 is 2.20 bits per heavy atom. The first-order valence-corrected chi connectivity index (χ1v) is 8.68. The van der Waals surface area contributed by atoms with Crippen molar-refractivity contribution in [2.45, 2.75) is 37.4 Å². The highest BCUT2D eigenvalue weighted by atomic mass is 32.2. The molecule has 0 aromatic carbocycles. The lowest BCUT2D eigenvalue weighted by molar-refractivity contribution is -0.139. The number of carbonyl (C=O) groups is 1. The van der Waals surface area contributed by atoms with E-state index in [9.17, 15) is 15.0 Å². The number of aryl methyl sites for hydroxylation is 1. The third-order valence-corrected chi connectivity index (χ3v) is 4.42. The molecule has 3 heterocycles. The number of aliphatic hydroxyl groups is 2. The third kappa shape index (κ3) is 3.87. The van der Waals surface area contributed by atoms with Crippen LogP contribution in [0.3, 0.4) is 0 Å². The molecule has 1 aliphatic heterocycles. The molecule has 25 heavy (non-hydrogen) atoms. The van der Waals surface area contributed by atoms with Crippen molar-refractivity contribution in [2.75, 3.05) is 19.0 Å². The van der Waals surface area contributed by atoms with Gasteiger partial charge in [0.15, 0.2) is 0 Å². The smallest absolute Gasteiger partial charge is 0.316 e. The minimum absolute atomic E-state index is 0.0378. The average Bonchev–Trinajstić information content (AvgIpc) is 3.26. The van der Waals surface area contributed by atoms with Gasteiger partial charge in [0.2, 0.25) is 0 Å². The van der Waals surface area contributed by atoms with Gasteiger partial charge in [-0.15, -0.1) is 10.2 Å². The summed E-state index contributed by atoms with van der Waals surface area (Å²) in [6.45, 7) is 3.80. The highest BCUT2D eigenvalue weighted by molar-refractivity contribution is 7.99. The highest BCUT2D eigenvalue weighted by Crippen LogP contribution is 2.35. The fraction of sp³-hybridized carbons (Fsp3) is 0.533. The molecule has 0 unspecified atom stereocenters. The van der Waals surface area contributed by atoms with Crippen LogP contribution in [0, 0.1) is 6.92 Å². The normalized spacial score (nSPS) is 23.1. The van der Waals surface area contributed by atoms with Crippen molar-refractivity contribution >= 4 is 17.7 Å². The first-order chi connectivity index (χ1) is 12.0. The molecule has 0 bridgehead atoms. The molecule has 136 valence electrons. The van der Waals surface area contributed by atoms with E-state index in [4.69, 9.17) is 18.3 Å². The third-order valence-electron chi connectivity index (χ3n) is 3.62. The van der Waals surface area contributed by atoms with Crippen LogP contribution < -0.4 is 0 Å². The number of esters is 1. The van der Waals surface area contributed by atoms with E-state index in [-0.39, 0.29) is 29.4 Å². The second kappa shape index (κ2) is 7.56. The van der Waals surface area contributed by atoms with E-state index in [1.165, 1.54) is 0 Å². The van der Waals surface area contributed by atoms with Crippen LogP contribution in [0.15, 0.2) is 20.1 Å². The Bertz CT molecular complexity index is 744. The summed E-state index contributed by atoms with van der Waals surface area (Å²) in [6, 6.07) is 1.63. The summed E-state index contributed by atoms with van der Waals surface area (Å²) in [5.41, 5.74) is 0.558. The molecule has 9 nitrogen and oxygen atoms in total. The van der Waals surface area contributed by atoms with E-state index in [1.54, 1.807) is 19.9 Å². The number of aromatic nitrogens is 2. The summed E-state index contributed by atoms with van der Waals surface area (Å²) in [6.07, 6.45) is -2.76. The van der Waals surface area contributed by atoms with Gasteiger partial charge in [-0.05, 0) is 19.9 Å². The van der Waals surface area contributed by atoms with E-state index in [1.807, 2.05) is 0 Å². The zero-order valence-corrected chi connectivity index (χ0v) is 14.5. The van der Waals surface area contributed by atoms with Crippen LogP contribution >= 0.6 is 11.8 Å². The number of hydrogen-bond donors (Lipinski definition) is 2. The Balaban J connectivity index is 1.71. The van der Waals surface area contributed by atoms with E-state index < -0.39 is 18.3 Å². The minimum atomic E-state index is -1.06. The predicted molar refractivity (Wildman–Crippen MR) is 84.8 cm³/mol. The summed E-state index contributed by atoms with van der Waals surface area (Å²) < 4.78 is 21.3. The molecule has 0 saturated carbocycles. The molecule has 0 amide bonds. The van der Waals surface area contributed by atoms with Gasteiger partial charge in [0.05, 0.1) is 18.8 Å². The minimum Gasteiger partial charge on any atom is -0.465 e. The molecule has 0 spiro atoms. The van der Waals surface area contributed by atoms with Gasteiger partial charge < -0.3 is 28.5 Å². The molecule has 1 aliphatic rings. The molecular weight excluding hydrogens is 352 g/mol. The first kappa shape index (κ1) is 17.9. The van der Waals surface area contributed by atoms with E-state index in [2.05, 4.69) is 10.2 Å². The Labute approximate surface area is 147 Å². The standard InChI is InChI=1S/C15H18N2O7S/c1-3-21-11(19)6-25-15-17-16-14(24-15)8-4-10(23-7(8)2)13-12(20)9(18)5-22-13/h4,9,12-13,18,20H,3,5-6H2,1-2H3/t9-,12-,13+/m1/s1. The fourth-order valence-electron chi connectivity index (χ4n) is 2.41. The van der Waals surface area contributed by atoms with Crippen molar-refractivity contribution in [1.82, 2.24) is 10.2 Å². The molecule has 10 heteroatoms. The maximum atomic E-state index is 11.3. The van der Waals surface area contributed by atoms with Crippen molar-refractivity contribution in [2.24, 2.45) is 0 Å². The number of carbonyl (C=O) groups excluding carboxylic acids is 1. The van der Waals surface area contributed by atoms with Crippen LogP contribution in [0.5, 0.6) is 0 Å². The average molecular weight is 370 g/mol. The molecule has 0 aliphatic carbocycles. The SMILES string of the molecule is CCOC(=O)CSc1nnc(-c2cc([C@@H]3OC[C@@H](O)[C@H]3O)oc2C)o1. The molecular formula is C15H18N2O7S. The van der Waals surface area contributed by atoms with Gasteiger partial charge in [-0.1, -0.05) is 11.8 Å². The summed E-state index contributed by atoms with van der Waals surface area (Å²) in [5.74, 6) is 0.825. The topological polar surface area (TPSA) is 128 Å². The maximum Gasteiger partial charge on any atom is 0.316 e. The summed E-state index contributed by atoms with van der Waals surface area (Å²) >= 11 is 1.08. The summed E-state index contributed by atoms with van der Waals surface area (Å²) in [4.78, 5) is 11.3. The Morgan fingerprint density at radius 1 is 1.40 bits per heavy atom. The Morgan fingerprint density at radius 3 is 2.88 bits per heavy atom. The van der Waals surface area contributed by atoms with Crippen LogP contribution in [-0.2, 0) is 14.3 Å². The quantitative estimate of drug-likeness (QED) is 0.563. The van der Waals surface area contributed by atoms with Gasteiger partial charge in [0.25, 0.3) is 11.1 Å². The number of furan rings is 1. The number of thioether (sulfide) groups is 1. The van der Waals surface area contributed by atoms with Gasteiger partial charge in [-0.25, -0.2) is 0 Å². The van der Waals surface area contributed by atoms with E-state index >= 15 is 0 Å². The van der Waals surface area contributed by atoms with Gasteiger partial charge in [-0.2, -0.15) is 0 Å². The summed E-state index contributed by atoms with van der Waals surface area (Å²) in [7, 11) is 0. The molecule has 2 aromatic heterocycles. The van der Waals surface area contributed by atoms with Crippen LogP contribution in [0.25, 0.3) is 11.5 Å². The maximum absolute atomic E-state index is 11.3. The molecule has 0 radical (unpaired) electrons. The molecule has 3 rings (SSSR count). The lowest BCUT2D eigenvalue weighted by Crippen LogP contribution is -2.24. The lowest BCUT2D eigenvalue weighted by Gasteiger charge is -2.11. The highest BCUT2D eigenvalue weighted by Gasteiger charge is 2.38. The Kier molecular flexibility index (Phi) is 5.42. The van der Waals surface area contributed by atoms with Crippen molar-refractivity contribution in [3.63, 3.8) is 0 Å². The number of aliphatic hydroxyl groups excluding tert-OH is 2. The van der Waals surface area contributed by atoms with Crippen LogP contribution in [0.1, 0.15) is 24.5 Å². The molecule has 1 saturated heterocycles. The second-order valence-corrected chi connectivity index (χ2v) is 6.32. The van der Waals surface area contributed by atoms with Crippen LogP contribution in [-0.4, -0.2) is 57.6 Å². The van der Waals surface area contributed by atoms with E-state index in [0.29, 0.717) is 23.7 Å².